The van der Waals surface area contributed by atoms with Gasteiger partial charge in [-0.25, -0.2) is 9.59 Å². The summed E-state index contributed by atoms with van der Waals surface area (Å²) in [5.41, 5.74) is -0.581. The van der Waals surface area contributed by atoms with Crippen LogP contribution in [0.25, 0.3) is 0 Å². The fourth-order valence-corrected chi connectivity index (χ4v) is 2.25. The first-order chi connectivity index (χ1) is 10.8. The third-order valence-electron chi connectivity index (χ3n) is 3.36. The van der Waals surface area contributed by atoms with Crippen LogP contribution in [0.2, 0.25) is 0 Å². The molecule has 0 aliphatic carbocycles. The number of carbonyl (C=O) groups is 2. The van der Waals surface area contributed by atoms with Crippen molar-refractivity contribution < 1.29 is 19.1 Å². The van der Waals surface area contributed by atoms with Crippen LogP contribution < -0.4 is 5.32 Å². The van der Waals surface area contributed by atoms with E-state index in [1.807, 2.05) is 0 Å². The number of alkyl carbamates (subject to hydrolysis) is 1. The van der Waals surface area contributed by atoms with Gasteiger partial charge in [-0.2, -0.15) is 0 Å². The van der Waals surface area contributed by atoms with Crippen LogP contribution in [0.1, 0.15) is 86.0 Å². The van der Waals surface area contributed by atoms with E-state index in [0.29, 0.717) is 13.0 Å². The van der Waals surface area contributed by atoms with Gasteiger partial charge in [0.2, 0.25) is 0 Å². The summed E-state index contributed by atoms with van der Waals surface area (Å²) in [4.78, 5) is 23.8. The van der Waals surface area contributed by atoms with E-state index < -0.39 is 17.7 Å². The summed E-state index contributed by atoms with van der Waals surface area (Å²) in [6, 6.07) is -0.625. The lowest BCUT2D eigenvalue weighted by molar-refractivity contribution is -0.145. The summed E-state index contributed by atoms with van der Waals surface area (Å²) in [6.45, 7) is 9.65. The number of carbonyl (C=O) groups excluding carboxylic acids is 2. The topological polar surface area (TPSA) is 64.6 Å². The average molecular weight is 329 g/mol. The lowest BCUT2D eigenvalue weighted by atomic mass is 10.1. The molecule has 0 saturated heterocycles. The third kappa shape index (κ3) is 12.9. The normalized spacial score (nSPS) is 12.6. The van der Waals surface area contributed by atoms with Crippen molar-refractivity contribution in [3.05, 3.63) is 0 Å². The zero-order valence-electron chi connectivity index (χ0n) is 15.6. The predicted octanol–water partition coefficient (Wildman–Crippen LogP) is 4.58. The number of hydrogen-bond acceptors (Lipinski definition) is 4. The Hall–Kier alpha value is -1.26. The molecular formula is C18H35NO4. The summed E-state index contributed by atoms with van der Waals surface area (Å²) < 4.78 is 10.2. The Bertz CT molecular complexity index is 336. The molecule has 0 aliphatic heterocycles. The van der Waals surface area contributed by atoms with Gasteiger partial charge in [0.1, 0.15) is 11.6 Å². The zero-order valence-corrected chi connectivity index (χ0v) is 15.6. The maximum absolute atomic E-state index is 12.0. The third-order valence-corrected chi connectivity index (χ3v) is 3.36. The highest BCUT2D eigenvalue weighted by molar-refractivity contribution is 5.81. The molecule has 136 valence electrons. The molecule has 0 aromatic carbocycles. The van der Waals surface area contributed by atoms with Crippen LogP contribution in [0.15, 0.2) is 0 Å². The van der Waals surface area contributed by atoms with Gasteiger partial charge in [-0.3, -0.25) is 0 Å². The first-order valence-electron chi connectivity index (χ1n) is 8.96. The van der Waals surface area contributed by atoms with Gasteiger partial charge in [0.05, 0.1) is 6.61 Å². The summed E-state index contributed by atoms with van der Waals surface area (Å²) in [6.07, 6.45) is 8.18. The minimum atomic E-state index is -0.625. The van der Waals surface area contributed by atoms with E-state index in [0.717, 1.165) is 12.8 Å². The molecule has 0 saturated carbocycles. The van der Waals surface area contributed by atoms with Crippen LogP contribution in [0.4, 0.5) is 4.79 Å². The molecule has 5 nitrogen and oxygen atoms in total. The number of esters is 1. The van der Waals surface area contributed by atoms with Crippen LogP contribution in [-0.4, -0.2) is 30.3 Å². The highest BCUT2D eigenvalue weighted by Gasteiger charge is 2.24. The van der Waals surface area contributed by atoms with Crippen molar-refractivity contribution in [2.45, 2.75) is 97.6 Å². The van der Waals surface area contributed by atoms with Gasteiger partial charge in [-0.15, -0.1) is 0 Å². The zero-order chi connectivity index (χ0) is 17.7. The maximum atomic E-state index is 12.0. The van der Waals surface area contributed by atoms with Gasteiger partial charge in [0, 0.05) is 0 Å². The Morgan fingerprint density at radius 3 is 2.04 bits per heavy atom. The van der Waals surface area contributed by atoms with Gasteiger partial charge >= 0.3 is 12.1 Å². The van der Waals surface area contributed by atoms with Crippen molar-refractivity contribution in [2.75, 3.05) is 6.61 Å². The van der Waals surface area contributed by atoms with Crippen LogP contribution in [0, 0.1) is 0 Å². The molecule has 0 heterocycles. The van der Waals surface area contributed by atoms with Crippen LogP contribution >= 0.6 is 0 Å². The molecule has 1 amide bonds. The number of amides is 1. The summed E-state index contributed by atoms with van der Waals surface area (Å²) in [5.74, 6) is -0.385. The molecule has 1 N–H and O–H groups in total. The summed E-state index contributed by atoms with van der Waals surface area (Å²) in [7, 11) is 0. The lowest BCUT2D eigenvalue weighted by Crippen LogP contribution is -2.44. The minimum Gasteiger partial charge on any atom is -0.464 e. The van der Waals surface area contributed by atoms with Crippen molar-refractivity contribution in [1.29, 1.82) is 0 Å². The SMILES string of the molecule is CCCCCCCCCC(NC(=O)OC(C)(C)C)C(=O)OCC. The molecule has 23 heavy (non-hydrogen) atoms. The van der Waals surface area contributed by atoms with Gasteiger partial charge in [-0.05, 0) is 34.1 Å². The summed E-state index contributed by atoms with van der Waals surface area (Å²) >= 11 is 0. The highest BCUT2D eigenvalue weighted by Crippen LogP contribution is 2.12. The molecule has 0 rings (SSSR count). The number of rotatable bonds is 11. The van der Waals surface area contributed by atoms with Crippen molar-refractivity contribution in [3.63, 3.8) is 0 Å². The van der Waals surface area contributed by atoms with Gasteiger partial charge in [0.25, 0.3) is 0 Å². The van der Waals surface area contributed by atoms with E-state index in [2.05, 4.69) is 12.2 Å². The fraction of sp³-hybridized carbons (Fsp3) is 0.889. The van der Waals surface area contributed by atoms with E-state index in [1.165, 1.54) is 32.1 Å². The lowest BCUT2D eigenvalue weighted by Gasteiger charge is -2.22. The van der Waals surface area contributed by atoms with Crippen LogP contribution in [0.5, 0.6) is 0 Å². The first-order valence-corrected chi connectivity index (χ1v) is 8.96. The second kappa shape index (κ2) is 12.2. The Morgan fingerprint density at radius 2 is 1.52 bits per heavy atom. The monoisotopic (exact) mass is 329 g/mol. The molecule has 0 bridgehead atoms. The molecule has 1 unspecified atom stereocenters. The molecule has 1 atom stereocenters. The Labute approximate surface area is 141 Å². The Kier molecular flexibility index (Phi) is 11.5. The van der Waals surface area contributed by atoms with Crippen molar-refractivity contribution in [1.82, 2.24) is 5.32 Å². The van der Waals surface area contributed by atoms with Crippen LogP contribution in [0.3, 0.4) is 0 Å². The molecular weight excluding hydrogens is 294 g/mol. The average Bonchev–Trinajstić information content (AvgIpc) is 2.43. The molecule has 0 aromatic rings. The van der Waals surface area contributed by atoms with Gasteiger partial charge in [-0.1, -0.05) is 51.9 Å². The van der Waals surface area contributed by atoms with E-state index in [-0.39, 0.29) is 5.97 Å². The second-order valence-corrected chi connectivity index (χ2v) is 6.86. The van der Waals surface area contributed by atoms with E-state index >= 15 is 0 Å². The quantitative estimate of drug-likeness (QED) is 0.445. The summed E-state index contributed by atoms with van der Waals surface area (Å²) in [5, 5.41) is 2.63. The number of hydrogen-bond donors (Lipinski definition) is 1. The second-order valence-electron chi connectivity index (χ2n) is 6.86. The molecule has 0 radical (unpaired) electrons. The van der Waals surface area contributed by atoms with E-state index in [4.69, 9.17) is 9.47 Å². The molecule has 5 heteroatoms. The van der Waals surface area contributed by atoms with Gasteiger partial charge < -0.3 is 14.8 Å². The predicted molar refractivity (Wildman–Crippen MR) is 92.4 cm³/mol. The van der Waals surface area contributed by atoms with E-state index in [1.54, 1.807) is 27.7 Å². The highest BCUT2D eigenvalue weighted by atomic mass is 16.6. The first kappa shape index (κ1) is 21.7. The van der Waals surface area contributed by atoms with Crippen LogP contribution in [-0.2, 0) is 14.3 Å². The Morgan fingerprint density at radius 1 is 0.957 bits per heavy atom. The Balaban J connectivity index is 4.20. The minimum absolute atomic E-state index is 0.308. The van der Waals surface area contributed by atoms with Gasteiger partial charge in [0.15, 0.2) is 0 Å². The molecule has 0 spiro atoms. The molecule has 0 aliphatic rings. The maximum Gasteiger partial charge on any atom is 0.408 e. The van der Waals surface area contributed by atoms with Crippen molar-refractivity contribution in [3.8, 4) is 0 Å². The number of nitrogens with one attached hydrogen (secondary N) is 1. The largest absolute Gasteiger partial charge is 0.464 e. The standard InChI is InChI=1S/C18H35NO4/c1-6-8-9-10-11-12-13-14-15(16(20)22-7-2)19-17(21)23-18(3,4)5/h15H,6-14H2,1-5H3,(H,19,21). The fourth-order valence-electron chi connectivity index (χ4n) is 2.25. The van der Waals surface area contributed by atoms with E-state index in [9.17, 15) is 9.59 Å². The number of ether oxygens (including phenoxy) is 2. The van der Waals surface area contributed by atoms with Crippen molar-refractivity contribution in [2.24, 2.45) is 0 Å². The number of unbranched alkanes of at least 4 members (excludes halogenated alkanes) is 6. The molecule has 0 fully saturated rings. The smallest absolute Gasteiger partial charge is 0.408 e. The van der Waals surface area contributed by atoms with Crippen molar-refractivity contribution >= 4 is 12.1 Å². The molecule has 0 aromatic heterocycles.